The van der Waals surface area contributed by atoms with Gasteiger partial charge in [0.15, 0.2) is 0 Å². The van der Waals surface area contributed by atoms with E-state index in [0.29, 0.717) is 11.6 Å². The van der Waals surface area contributed by atoms with Gasteiger partial charge in [-0.05, 0) is 40.2 Å². The highest BCUT2D eigenvalue weighted by Gasteiger charge is 2.20. The van der Waals surface area contributed by atoms with Crippen LogP contribution in [0, 0.1) is 0 Å². The molecule has 1 aliphatic heterocycles. The lowest BCUT2D eigenvalue weighted by molar-refractivity contribution is 0.106. The second kappa shape index (κ2) is 6.58. The van der Waals surface area contributed by atoms with Crippen molar-refractivity contribution in [1.82, 2.24) is 10.2 Å². The van der Waals surface area contributed by atoms with Crippen LogP contribution in [-0.4, -0.2) is 49.8 Å². The molecule has 16 heavy (non-hydrogen) atoms. The Labute approximate surface area is 101 Å². The van der Waals surface area contributed by atoms with Gasteiger partial charge in [-0.1, -0.05) is 6.92 Å². The summed E-state index contributed by atoms with van der Waals surface area (Å²) in [6, 6.07) is 0. The molecular formula is C13H28N2O. The zero-order valence-electron chi connectivity index (χ0n) is 11.4. The first kappa shape index (κ1) is 13.9. The molecular weight excluding hydrogens is 200 g/mol. The van der Waals surface area contributed by atoms with Crippen molar-refractivity contribution in [2.24, 2.45) is 0 Å². The van der Waals surface area contributed by atoms with Crippen LogP contribution < -0.4 is 5.32 Å². The third-order valence-corrected chi connectivity index (χ3v) is 3.92. The van der Waals surface area contributed by atoms with Crippen molar-refractivity contribution in [3.05, 3.63) is 0 Å². The van der Waals surface area contributed by atoms with E-state index < -0.39 is 0 Å². The van der Waals surface area contributed by atoms with Crippen molar-refractivity contribution in [1.29, 1.82) is 0 Å². The molecule has 0 bridgehead atoms. The van der Waals surface area contributed by atoms with Crippen molar-refractivity contribution < 1.29 is 4.74 Å². The van der Waals surface area contributed by atoms with Crippen LogP contribution in [0.5, 0.6) is 0 Å². The molecule has 3 heteroatoms. The minimum absolute atomic E-state index is 0.311. The SMILES string of the molecule is CCC(C)(C)N(C)CCNCC1CCCO1. The Morgan fingerprint density at radius 3 is 2.75 bits per heavy atom. The highest BCUT2D eigenvalue weighted by molar-refractivity contribution is 4.77. The summed E-state index contributed by atoms with van der Waals surface area (Å²) in [5.41, 5.74) is 0.311. The molecule has 1 atom stereocenters. The number of ether oxygens (including phenoxy) is 1. The molecule has 1 aliphatic rings. The Balaban J connectivity index is 2.05. The van der Waals surface area contributed by atoms with Crippen molar-refractivity contribution >= 4 is 0 Å². The third kappa shape index (κ3) is 4.40. The summed E-state index contributed by atoms with van der Waals surface area (Å²) >= 11 is 0. The zero-order chi connectivity index (χ0) is 12.0. The van der Waals surface area contributed by atoms with Crippen LogP contribution in [0.1, 0.15) is 40.0 Å². The van der Waals surface area contributed by atoms with E-state index in [9.17, 15) is 0 Å². The second-order valence-electron chi connectivity index (χ2n) is 5.43. The number of nitrogens with zero attached hydrogens (tertiary/aromatic N) is 1. The summed E-state index contributed by atoms with van der Waals surface area (Å²) in [6.45, 7) is 11.0. The topological polar surface area (TPSA) is 24.5 Å². The van der Waals surface area contributed by atoms with Crippen LogP contribution in [0.4, 0.5) is 0 Å². The first-order chi connectivity index (χ1) is 7.56. The highest BCUT2D eigenvalue weighted by atomic mass is 16.5. The lowest BCUT2D eigenvalue weighted by atomic mass is 10.0. The molecule has 0 amide bonds. The van der Waals surface area contributed by atoms with Crippen LogP contribution in [0.15, 0.2) is 0 Å². The minimum atomic E-state index is 0.311. The van der Waals surface area contributed by atoms with Gasteiger partial charge in [0.05, 0.1) is 6.10 Å². The van der Waals surface area contributed by atoms with Gasteiger partial charge in [-0.2, -0.15) is 0 Å². The Morgan fingerprint density at radius 2 is 2.19 bits per heavy atom. The van der Waals surface area contributed by atoms with Gasteiger partial charge in [-0.3, -0.25) is 4.90 Å². The van der Waals surface area contributed by atoms with Crippen LogP contribution >= 0.6 is 0 Å². The van der Waals surface area contributed by atoms with Crippen LogP contribution in [0.25, 0.3) is 0 Å². The van der Waals surface area contributed by atoms with Gasteiger partial charge in [-0.15, -0.1) is 0 Å². The fourth-order valence-electron chi connectivity index (χ4n) is 1.89. The molecule has 1 unspecified atom stereocenters. The normalized spacial score (nSPS) is 21.9. The molecule has 3 nitrogen and oxygen atoms in total. The number of hydrogen-bond acceptors (Lipinski definition) is 3. The number of rotatable bonds is 7. The van der Waals surface area contributed by atoms with Crippen molar-refractivity contribution in [2.45, 2.75) is 51.7 Å². The van der Waals surface area contributed by atoms with Gasteiger partial charge < -0.3 is 10.1 Å². The smallest absolute Gasteiger partial charge is 0.0700 e. The van der Waals surface area contributed by atoms with E-state index >= 15 is 0 Å². The Hall–Kier alpha value is -0.120. The molecule has 0 aromatic carbocycles. The van der Waals surface area contributed by atoms with Crippen LogP contribution in [-0.2, 0) is 4.74 Å². The molecule has 0 radical (unpaired) electrons. The predicted octanol–water partition coefficient (Wildman–Crippen LogP) is 1.88. The summed E-state index contributed by atoms with van der Waals surface area (Å²) < 4.78 is 5.57. The standard InChI is InChI=1S/C13H28N2O/c1-5-13(2,3)15(4)9-8-14-11-12-7-6-10-16-12/h12,14H,5-11H2,1-4H3. The maximum atomic E-state index is 5.57. The molecule has 1 N–H and O–H groups in total. The minimum Gasteiger partial charge on any atom is -0.377 e. The number of nitrogens with one attached hydrogen (secondary N) is 1. The molecule has 96 valence electrons. The van der Waals surface area contributed by atoms with E-state index in [-0.39, 0.29) is 0 Å². The highest BCUT2D eigenvalue weighted by Crippen LogP contribution is 2.15. The quantitative estimate of drug-likeness (QED) is 0.673. The molecule has 0 saturated carbocycles. The Morgan fingerprint density at radius 1 is 1.44 bits per heavy atom. The lowest BCUT2D eigenvalue weighted by Gasteiger charge is -2.34. The fraction of sp³-hybridized carbons (Fsp3) is 1.00. The molecule has 1 heterocycles. The lowest BCUT2D eigenvalue weighted by Crippen LogP contribution is -2.44. The van der Waals surface area contributed by atoms with Crippen molar-refractivity contribution in [3.63, 3.8) is 0 Å². The molecule has 1 saturated heterocycles. The molecule has 0 spiro atoms. The van der Waals surface area contributed by atoms with Gasteiger partial charge >= 0.3 is 0 Å². The summed E-state index contributed by atoms with van der Waals surface area (Å²) in [7, 11) is 2.21. The molecule has 0 aromatic rings. The van der Waals surface area contributed by atoms with E-state index in [1.807, 2.05) is 0 Å². The fourth-order valence-corrected chi connectivity index (χ4v) is 1.89. The summed E-state index contributed by atoms with van der Waals surface area (Å²) in [4.78, 5) is 2.43. The summed E-state index contributed by atoms with van der Waals surface area (Å²) in [6.07, 6.45) is 4.11. The molecule has 1 rings (SSSR count). The van der Waals surface area contributed by atoms with E-state index in [4.69, 9.17) is 4.74 Å². The van der Waals surface area contributed by atoms with Gasteiger partial charge in [0.1, 0.15) is 0 Å². The van der Waals surface area contributed by atoms with Crippen LogP contribution in [0.3, 0.4) is 0 Å². The average Bonchev–Trinajstić information content (AvgIpc) is 2.76. The number of likely N-dealkylation sites (N-methyl/N-ethyl adjacent to an activating group) is 1. The maximum absolute atomic E-state index is 5.57. The first-order valence-electron chi connectivity index (χ1n) is 6.60. The molecule has 0 aliphatic carbocycles. The summed E-state index contributed by atoms with van der Waals surface area (Å²) in [5.74, 6) is 0. The Kier molecular flexibility index (Phi) is 5.73. The van der Waals surface area contributed by atoms with E-state index in [2.05, 4.69) is 38.0 Å². The third-order valence-electron chi connectivity index (χ3n) is 3.92. The molecule has 0 aromatic heterocycles. The van der Waals surface area contributed by atoms with E-state index in [1.165, 1.54) is 19.3 Å². The van der Waals surface area contributed by atoms with E-state index in [0.717, 1.165) is 26.2 Å². The van der Waals surface area contributed by atoms with E-state index in [1.54, 1.807) is 0 Å². The maximum Gasteiger partial charge on any atom is 0.0700 e. The van der Waals surface area contributed by atoms with Gasteiger partial charge in [0.2, 0.25) is 0 Å². The largest absolute Gasteiger partial charge is 0.377 e. The summed E-state index contributed by atoms with van der Waals surface area (Å²) in [5, 5.41) is 3.49. The zero-order valence-corrected chi connectivity index (χ0v) is 11.4. The average molecular weight is 228 g/mol. The van der Waals surface area contributed by atoms with Gasteiger partial charge in [-0.25, -0.2) is 0 Å². The Bertz CT molecular complexity index is 188. The monoisotopic (exact) mass is 228 g/mol. The van der Waals surface area contributed by atoms with Crippen LogP contribution in [0.2, 0.25) is 0 Å². The van der Waals surface area contributed by atoms with Gasteiger partial charge in [0.25, 0.3) is 0 Å². The first-order valence-corrected chi connectivity index (χ1v) is 6.60. The second-order valence-corrected chi connectivity index (χ2v) is 5.43. The number of hydrogen-bond donors (Lipinski definition) is 1. The van der Waals surface area contributed by atoms with Gasteiger partial charge in [0, 0.05) is 31.8 Å². The van der Waals surface area contributed by atoms with Crippen molar-refractivity contribution in [3.8, 4) is 0 Å². The molecule has 1 fully saturated rings. The van der Waals surface area contributed by atoms with Crippen molar-refractivity contribution in [2.75, 3.05) is 33.3 Å². The predicted molar refractivity (Wildman–Crippen MR) is 68.8 cm³/mol.